The van der Waals surface area contributed by atoms with Gasteiger partial charge in [0.1, 0.15) is 11.4 Å². The summed E-state index contributed by atoms with van der Waals surface area (Å²) in [4.78, 5) is 40.3. The summed E-state index contributed by atoms with van der Waals surface area (Å²) in [5.41, 5.74) is 1.82. The number of nitrogens with one attached hydrogen (secondary N) is 1. The van der Waals surface area contributed by atoms with Crippen molar-refractivity contribution in [3.05, 3.63) is 65.0 Å². The lowest BCUT2D eigenvalue weighted by atomic mass is 10.0. The lowest BCUT2D eigenvalue weighted by Gasteiger charge is -2.26. The van der Waals surface area contributed by atoms with Gasteiger partial charge in [0, 0.05) is 13.1 Å². The van der Waals surface area contributed by atoms with Crippen LogP contribution in [0, 0.1) is 12.7 Å². The number of hydrogen-bond acceptors (Lipinski definition) is 4. The first-order chi connectivity index (χ1) is 14.0. The molecule has 2 aliphatic rings. The Bertz CT molecular complexity index is 1030. The molecule has 4 rings (SSSR count). The largest absolute Gasteiger partial charge is 0.369 e. The first-order valence-electron chi connectivity index (χ1n) is 9.47. The molecule has 0 atom stereocenters. The molecule has 0 unspecified atom stereocenters. The number of urea groups is 1. The van der Waals surface area contributed by atoms with Crippen molar-refractivity contribution in [1.82, 2.24) is 5.32 Å². The van der Waals surface area contributed by atoms with Crippen LogP contribution in [0.1, 0.15) is 24.0 Å². The molecule has 4 amide bonds. The fourth-order valence-electron chi connectivity index (χ4n) is 3.66. The zero-order chi connectivity index (χ0) is 20.5. The Hall–Kier alpha value is -3.48. The minimum atomic E-state index is -0.810. The average Bonchev–Trinajstić information content (AvgIpc) is 3.22. The van der Waals surface area contributed by atoms with Crippen LogP contribution in [-0.4, -0.2) is 30.9 Å². The number of carbonyl (C=O) groups is 3. The summed E-state index contributed by atoms with van der Waals surface area (Å²) in [6.45, 7) is 3.42. The Morgan fingerprint density at radius 1 is 1.03 bits per heavy atom. The van der Waals surface area contributed by atoms with Crippen LogP contribution in [-0.2, 0) is 9.59 Å². The molecule has 2 saturated heterocycles. The third kappa shape index (κ3) is 3.51. The van der Waals surface area contributed by atoms with Crippen molar-refractivity contribution in [3.63, 3.8) is 0 Å². The molecule has 0 bridgehead atoms. The van der Waals surface area contributed by atoms with E-state index in [0.29, 0.717) is 16.9 Å². The number of benzene rings is 2. The number of para-hydroxylation sites is 1. The Morgan fingerprint density at radius 3 is 2.41 bits per heavy atom. The van der Waals surface area contributed by atoms with Gasteiger partial charge in [0.25, 0.3) is 11.8 Å². The van der Waals surface area contributed by atoms with Gasteiger partial charge in [0.05, 0.1) is 11.4 Å². The van der Waals surface area contributed by atoms with E-state index in [4.69, 9.17) is 0 Å². The summed E-state index contributed by atoms with van der Waals surface area (Å²) in [5, 5.41) is 2.18. The Balaban J connectivity index is 1.71. The molecule has 0 aliphatic carbocycles. The van der Waals surface area contributed by atoms with Crippen molar-refractivity contribution < 1.29 is 18.8 Å². The van der Waals surface area contributed by atoms with Crippen molar-refractivity contribution in [2.45, 2.75) is 19.8 Å². The van der Waals surface area contributed by atoms with Crippen molar-refractivity contribution in [2.24, 2.45) is 0 Å². The molecule has 6 nitrogen and oxygen atoms in total. The second kappa shape index (κ2) is 7.50. The molecule has 2 aromatic rings. The highest BCUT2D eigenvalue weighted by molar-refractivity contribution is 6.39. The zero-order valence-corrected chi connectivity index (χ0v) is 15.9. The van der Waals surface area contributed by atoms with Crippen LogP contribution < -0.4 is 15.1 Å². The van der Waals surface area contributed by atoms with Gasteiger partial charge in [-0.15, -0.1) is 0 Å². The quantitative estimate of drug-likeness (QED) is 0.641. The van der Waals surface area contributed by atoms with Gasteiger partial charge in [0.2, 0.25) is 0 Å². The second-order valence-electron chi connectivity index (χ2n) is 7.15. The molecule has 7 heteroatoms. The van der Waals surface area contributed by atoms with Gasteiger partial charge >= 0.3 is 6.03 Å². The Labute approximate surface area is 167 Å². The molecule has 0 aromatic heterocycles. The molecule has 1 N–H and O–H groups in total. The highest BCUT2D eigenvalue weighted by Gasteiger charge is 2.36. The lowest BCUT2D eigenvalue weighted by molar-refractivity contribution is -0.122. The molecular weight excluding hydrogens is 373 g/mol. The third-order valence-electron chi connectivity index (χ3n) is 5.20. The van der Waals surface area contributed by atoms with E-state index in [1.165, 1.54) is 12.1 Å². The molecule has 2 fully saturated rings. The number of imide groups is 2. The lowest BCUT2D eigenvalue weighted by Crippen LogP contribution is -2.54. The first-order valence-corrected chi connectivity index (χ1v) is 9.47. The van der Waals surface area contributed by atoms with E-state index < -0.39 is 23.7 Å². The highest BCUT2D eigenvalue weighted by Crippen LogP contribution is 2.29. The van der Waals surface area contributed by atoms with E-state index >= 15 is 0 Å². The van der Waals surface area contributed by atoms with Crippen LogP contribution in [0.25, 0.3) is 6.08 Å². The fraction of sp³-hybridized carbons (Fsp3) is 0.227. The first kappa shape index (κ1) is 18.9. The van der Waals surface area contributed by atoms with Gasteiger partial charge in [-0.25, -0.2) is 14.1 Å². The minimum absolute atomic E-state index is 0.218. The number of nitrogens with zero attached hydrogens (tertiary/aromatic N) is 2. The maximum absolute atomic E-state index is 14.7. The topological polar surface area (TPSA) is 69.7 Å². The van der Waals surface area contributed by atoms with E-state index in [0.717, 1.165) is 36.4 Å². The number of rotatable bonds is 3. The number of halogens is 1. The van der Waals surface area contributed by atoms with Crippen molar-refractivity contribution >= 4 is 35.3 Å². The second-order valence-corrected chi connectivity index (χ2v) is 7.15. The van der Waals surface area contributed by atoms with Crippen molar-refractivity contribution in [1.29, 1.82) is 0 Å². The maximum Gasteiger partial charge on any atom is 0.335 e. The summed E-state index contributed by atoms with van der Waals surface area (Å²) in [6, 6.07) is 10.6. The number of aryl methyl sites for hydroxylation is 1. The van der Waals surface area contributed by atoms with Crippen LogP contribution in [0.3, 0.4) is 0 Å². The number of anilines is 2. The molecular formula is C22H20FN3O3. The van der Waals surface area contributed by atoms with Crippen molar-refractivity contribution in [2.75, 3.05) is 22.9 Å². The van der Waals surface area contributed by atoms with E-state index in [-0.39, 0.29) is 5.57 Å². The van der Waals surface area contributed by atoms with Gasteiger partial charge in [-0.1, -0.05) is 18.2 Å². The predicted octanol–water partition coefficient (Wildman–Crippen LogP) is 3.40. The molecule has 148 valence electrons. The van der Waals surface area contributed by atoms with Gasteiger partial charge in [-0.3, -0.25) is 14.9 Å². The summed E-state index contributed by atoms with van der Waals surface area (Å²) >= 11 is 0. The number of barbiturate groups is 1. The number of hydrogen-bond donors (Lipinski definition) is 1. The molecule has 2 heterocycles. The summed E-state index contributed by atoms with van der Waals surface area (Å²) in [5.74, 6) is -1.94. The average molecular weight is 393 g/mol. The van der Waals surface area contributed by atoms with Crippen molar-refractivity contribution in [3.8, 4) is 0 Å². The third-order valence-corrected chi connectivity index (χ3v) is 5.20. The highest BCUT2D eigenvalue weighted by atomic mass is 19.1. The number of amides is 4. The van der Waals surface area contributed by atoms with Crippen LogP contribution in [0.4, 0.5) is 20.6 Å². The van der Waals surface area contributed by atoms with Crippen LogP contribution in [0.2, 0.25) is 0 Å². The molecule has 29 heavy (non-hydrogen) atoms. The van der Waals surface area contributed by atoms with Crippen LogP contribution in [0.15, 0.2) is 48.0 Å². The SMILES string of the molecule is Cc1cc(N2CCCC2)c(F)cc1/C=C1\C(=O)NC(=O)N(c2ccccc2)C1=O. The van der Waals surface area contributed by atoms with Crippen LogP contribution >= 0.6 is 0 Å². The number of carbonyl (C=O) groups excluding carboxylic acids is 3. The van der Waals surface area contributed by atoms with Gasteiger partial charge in [-0.05, 0) is 61.2 Å². The van der Waals surface area contributed by atoms with E-state index in [9.17, 15) is 18.8 Å². The molecule has 0 spiro atoms. The minimum Gasteiger partial charge on any atom is -0.369 e. The maximum atomic E-state index is 14.7. The zero-order valence-electron chi connectivity index (χ0n) is 15.9. The standard InChI is InChI=1S/C22H20FN3O3/c1-14-11-19(25-9-5-6-10-25)18(23)13-15(14)12-17-20(27)24-22(29)26(21(17)28)16-7-3-2-4-8-16/h2-4,7-8,11-13H,5-6,9-10H2,1H3,(H,24,27,29)/b17-12+. The Morgan fingerprint density at radius 2 is 1.72 bits per heavy atom. The monoisotopic (exact) mass is 393 g/mol. The molecule has 2 aromatic carbocycles. The van der Waals surface area contributed by atoms with Gasteiger partial charge in [-0.2, -0.15) is 0 Å². The summed E-state index contributed by atoms with van der Waals surface area (Å²) in [7, 11) is 0. The van der Waals surface area contributed by atoms with Gasteiger partial charge < -0.3 is 4.90 Å². The molecule has 0 radical (unpaired) electrons. The Kier molecular flexibility index (Phi) is 4.88. The summed E-state index contributed by atoms with van der Waals surface area (Å²) in [6.07, 6.45) is 3.40. The van der Waals surface area contributed by atoms with E-state index in [1.807, 2.05) is 4.90 Å². The fourth-order valence-corrected chi connectivity index (χ4v) is 3.66. The summed E-state index contributed by atoms with van der Waals surface area (Å²) < 4.78 is 14.7. The van der Waals surface area contributed by atoms with Crippen LogP contribution in [0.5, 0.6) is 0 Å². The molecule has 0 saturated carbocycles. The predicted molar refractivity (Wildman–Crippen MR) is 108 cm³/mol. The molecule has 2 aliphatic heterocycles. The smallest absolute Gasteiger partial charge is 0.335 e. The normalized spacial score (nSPS) is 18.6. The van der Waals surface area contributed by atoms with Gasteiger partial charge in [0.15, 0.2) is 0 Å². The van der Waals surface area contributed by atoms with E-state index in [1.54, 1.807) is 43.3 Å². The van der Waals surface area contributed by atoms with E-state index in [2.05, 4.69) is 5.32 Å².